The molecule has 0 heterocycles. The molecule has 0 spiro atoms. The lowest BCUT2D eigenvalue weighted by Gasteiger charge is -2.23. The van der Waals surface area contributed by atoms with Crippen molar-refractivity contribution in [1.29, 1.82) is 0 Å². The van der Waals surface area contributed by atoms with Crippen LogP contribution in [0.15, 0.2) is 60.7 Å². The second-order valence-corrected chi connectivity index (χ2v) is 8.89. The number of carboxylic acid groups (broad SMARTS) is 1. The number of hydrogen-bond donors (Lipinski definition) is 2. The van der Waals surface area contributed by atoms with Crippen LogP contribution in [-0.4, -0.2) is 23.0 Å². The monoisotopic (exact) mass is 421 g/mol. The molecule has 32 heavy (non-hydrogen) atoms. The topological polar surface area (TPSA) is 66.4 Å². The molecule has 1 amide bonds. The predicted octanol–water partition coefficient (Wildman–Crippen LogP) is 6.50. The molecule has 1 aliphatic rings. The summed E-state index contributed by atoms with van der Waals surface area (Å²) in [5, 5.41) is 21.0. The molecular formula is C28H23NO3. The molecule has 0 radical (unpaired) electrons. The number of fused-ring (bicyclic) bond motifs is 2. The van der Waals surface area contributed by atoms with E-state index in [1.165, 1.54) is 11.8 Å². The number of hydrogen-bond acceptors (Lipinski definition) is 2. The van der Waals surface area contributed by atoms with Gasteiger partial charge in [-0.2, -0.15) is 0 Å². The quantitative estimate of drug-likeness (QED) is 0.258. The number of carbonyl (C=O) groups excluding carboxylic acids is 1. The molecule has 0 unspecified atom stereocenters. The van der Waals surface area contributed by atoms with Crippen molar-refractivity contribution >= 4 is 55.0 Å². The van der Waals surface area contributed by atoms with Gasteiger partial charge in [0.1, 0.15) is 0 Å². The fraction of sp³-hybridized carbons (Fsp3) is 0.214. The van der Waals surface area contributed by atoms with Crippen LogP contribution in [0.1, 0.15) is 52.8 Å². The third-order valence-corrected chi connectivity index (χ3v) is 7.06. The van der Waals surface area contributed by atoms with Gasteiger partial charge >= 0.3 is 5.97 Å². The molecule has 4 heteroatoms. The van der Waals surface area contributed by atoms with Crippen LogP contribution >= 0.6 is 0 Å². The number of amides is 1. The van der Waals surface area contributed by atoms with Gasteiger partial charge in [-0.05, 0) is 62.7 Å². The fourth-order valence-electron chi connectivity index (χ4n) is 5.61. The van der Waals surface area contributed by atoms with Gasteiger partial charge in [-0.25, -0.2) is 4.79 Å². The fourth-order valence-corrected chi connectivity index (χ4v) is 5.61. The molecule has 2 N–H and O–H groups in total. The second kappa shape index (κ2) is 7.20. The van der Waals surface area contributed by atoms with Gasteiger partial charge in [0.25, 0.3) is 5.91 Å². The normalized spacial score (nSPS) is 15.1. The van der Waals surface area contributed by atoms with E-state index in [9.17, 15) is 14.7 Å². The maximum atomic E-state index is 13.4. The average Bonchev–Trinajstić information content (AvgIpc) is 2.82. The molecule has 1 saturated carbocycles. The van der Waals surface area contributed by atoms with Crippen molar-refractivity contribution in [2.75, 3.05) is 0 Å². The molecule has 158 valence electrons. The van der Waals surface area contributed by atoms with E-state index in [1.807, 2.05) is 24.3 Å². The Morgan fingerprint density at radius 1 is 0.688 bits per heavy atom. The first kappa shape index (κ1) is 19.1. The summed E-state index contributed by atoms with van der Waals surface area (Å²) in [5.41, 5.74) is 0.617. The Kier molecular flexibility index (Phi) is 4.29. The summed E-state index contributed by atoms with van der Waals surface area (Å²) in [5.74, 6) is -1.20. The minimum Gasteiger partial charge on any atom is -0.478 e. The maximum Gasteiger partial charge on any atom is 0.336 e. The van der Waals surface area contributed by atoms with Crippen LogP contribution in [0.25, 0.3) is 43.1 Å². The van der Waals surface area contributed by atoms with Crippen molar-refractivity contribution in [3.8, 4) is 0 Å². The Labute approximate surface area is 185 Å². The highest BCUT2D eigenvalue weighted by molar-refractivity contribution is 6.36. The highest BCUT2D eigenvalue weighted by Crippen LogP contribution is 2.42. The zero-order valence-electron chi connectivity index (χ0n) is 17.7. The number of benzene rings is 5. The van der Waals surface area contributed by atoms with E-state index < -0.39 is 5.97 Å². The Hall–Kier alpha value is -3.66. The average molecular weight is 421 g/mol. The molecule has 5 aromatic carbocycles. The number of carboxylic acids is 1. The summed E-state index contributed by atoms with van der Waals surface area (Å²) in [6.07, 6.45) is 5.41. The predicted molar refractivity (Wildman–Crippen MR) is 129 cm³/mol. The first-order valence-corrected chi connectivity index (χ1v) is 11.3. The summed E-state index contributed by atoms with van der Waals surface area (Å²) in [6.45, 7) is 0. The van der Waals surface area contributed by atoms with Crippen LogP contribution in [-0.2, 0) is 0 Å². The SMILES string of the molecule is O=C(O)c1ccc2c3cccc4cccc(c5ccc(C(=O)NC6CCCCC6)c1c25)c43. The van der Waals surface area contributed by atoms with Crippen molar-refractivity contribution in [3.63, 3.8) is 0 Å². The minimum atomic E-state index is -1.02. The van der Waals surface area contributed by atoms with Gasteiger partial charge in [0.15, 0.2) is 0 Å². The maximum absolute atomic E-state index is 13.4. The molecule has 0 atom stereocenters. The van der Waals surface area contributed by atoms with Gasteiger partial charge in [0.2, 0.25) is 0 Å². The van der Waals surface area contributed by atoms with E-state index >= 15 is 0 Å². The van der Waals surface area contributed by atoms with Gasteiger partial charge in [-0.3, -0.25) is 4.79 Å². The van der Waals surface area contributed by atoms with Crippen LogP contribution in [0.5, 0.6) is 0 Å². The largest absolute Gasteiger partial charge is 0.478 e. The van der Waals surface area contributed by atoms with Crippen molar-refractivity contribution in [3.05, 3.63) is 71.8 Å². The molecule has 0 aliphatic heterocycles. The first-order valence-electron chi connectivity index (χ1n) is 11.3. The summed E-state index contributed by atoms with van der Waals surface area (Å²) in [6, 6.07) is 19.9. The zero-order chi connectivity index (χ0) is 21.8. The highest BCUT2D eigenvalue weighted by atomic mass is 16.4. The molecule has 0 bridgehead atoms. The first-order chi connectivity index (χ1) is 15.6. The highest BCUT2D eigenvalue weighted by Gasteiger charge is 2.24. The Bertz CT molecular complexity index is 1480. The lowest BCUT2D eigenvalue weighted by Crippen LogP contribution is -2.36. The van der Waals surface area contributed by atoms with E-state index in [0.29, 0.717) is 10.9 Å². The van der Waals surface area contributed by atoms with Gasteiger partial charge in [0.05, 0.1) is 5.56 Å². The van der Waals surface area contributed by atoms with Crippen LogP contribution < -0.4 is 5.32 Å². The third kappa shape index (κ3) is 2.76. The molecule has 1 aliphatic carbocycles. The Morgan fingerprint density at radius 3 is 1.91 bits per heavy atom. The van der Waals surface area contributed by atoms with Crippen LogP contribution in [0.4, 0.5) is 0 Å². The van der Waals surface area contributed by atoms with E-state index in [-0.39, 0.29) is 17.5 Å². The summed E-state index contributed by atoms with van der Waals surface area (Å²) < 4.78 is 0. The van der Waals surface area contributed by atoms with Gasteiger partial charge in [-0.1, -0.05) is 67.8 Å². The van der Waals surface area contributed by atoms with Gasteiger partial charge in [0, 0.05) is 17.0 Å². The molecular weight excluding hydrogens is 398 g/mol. The molecule has 0 aromatic heterocycles. The van der Waals surface area contributed by atoms with Crippen molar-refractivity contribution < 1.29 is 14.7 Å². The Morgan fingerprint density at radius 2 is 1.28 bits per heavy atom. The molecule has 0 saturated heterocycles. The number of aromatic carboxylic acids is 1. The second-order valence-electron chi connectivity index (χ2n) is 8.89. The van der Waals surface area contributed by atoms with Crippen LogP contribution in [0, 0.1) is 0 Å². The Balaban J connectivity index is 1.69. The van der Waals surface area contributed by atoms with Crippen LogP contribution in [0.2, 0.25) is 0 Å². The minimum absolute atomic E-state index is 0.157. The van der Waals surface area contributed by atoms with Crippen molar-refractivity contribution in [2.24, 2.45) is 0 Å². The summed E-state index contributed by atoms with van der Waals surface area (Å²) in [7, 11) is 0. The lowest BCUT2D eigenvalue weighted by atomic mass is 9.86. The smallest absolute Gasteiger partial charge is 0.336 e. The third-order valence-electron chi connectivity index (χ3n) is 7.06. The molecule has 1 fully saturated rings. The molecule has 5 aromatic rings. The summed E-state index contributed by atoms with van der Waals surface area (Å²) in [4.78, 5) is 25.6. The molecule has 4 nitrogen and oxygen atoms in total. The van der Waals surface area contributed by atoms with Gasteiger partial charge in [-0.15, -0.1) is 0 Å². The number of carbonyl (C=O) groups is 2. The van der Waals surface area contributed by atoms with E-state index in [1.54, 1.807) is 12.1 Å². The standard InChI is InChI=1S/C28H23NO3/c30-27(29-17-8-2-1-3-9-17)22-14-12-20-18-10-4-6-16-7-5-11-19(24(16)18)21-13-15-23(28(31)32)26(22)25(20)21/h4-7,10-15,17H,1-3,8-9H2,(H,29,30)(H,31,32). The van der Waals surface area contributed by atoms with Crippen LogP contribution in [0.3, 0.4) is 0 Å². The van der Waals surface area contributed by atoms with E-state index in [4.69, 9.17) is 0 Å². The van der Waals surface area contributed by atoms with Crippen molar-refractivity contribution in [1.82, 2.24) is 5.32 Å². The lowest BCUT2D eigenvalue weighted by molar-refractivity contribution is 0.0699. The zero-order valence-corrected chi connectivity index (χ0v) is 17.7. The van der Waals surface area contributed by atoms with Crippen molar-refractivity contribution in [2.45, 2.75) is 38.1 Å². The molecule has 6 rings (SSSR count). The number of rotatable bonds is 3. The van der Waals surface area contributed by atoms with E-state index in [0.717, 1.165) is 58.0 Å². The van der Waals surface area contributed by atoms with Gasteiger partial charge < -0.3 is 10.4 Å². The number of nitrogens with one attached hydrogen (secondary N) is 1. The van der Waals surface area contributed by atoms with E-state index in [2.05, 4.69) is 29.6 Å². The summed E-state index contributed by atoms with van der Waals surface area (Å²) >= 11 is 0.